The Balaban J connectivity index is 1.56. The predicted octanol–water partition coefficient (Wildman–Crippen LogP) is 0.877. The van der Waals surface area contributed by atoms with E-state index in [1.165, 1.54) is 0 Å². The van der Waals surface area contributed by atoms with E-state index in [0.29, 0.717) is 12.3 Å². The van der Waals surface area contributed by atoms with E-state index in [0.717, 1.165) is 5.56 Å². The molecular formula is C18H20N4O3S. The molecular weight excluding hydrogens is 352 g/mol. The summed E-state index contributed by atoms with van der Waals surface area (Å²) in [5.74, 6) is -0.237. The lowest BCUT2D eigenvalue weighted by Crippen LogP contribution is -2.49. The first-order chi connectivity index (χ1) is 12.6. The molecule has 0 aliphatic heterocycles. The maximum Gasteiger partial charge on any atom is 0.258 e. The van der Waals surface area contributed by atoms with E-state index in [1.54, 1.807) is 24.3 Å². The van der Waals surface area contributed by atoms with Gasteiger partial charge in [0.2, 0.25) is 0 Å². The normalized spacial score (nSPS) is 9.69. The number of amides is 2. The molecule has 0 aliphatic rings. The summed E-state index contributed by atoms with van der Waals surface area (Å²) in [6.45, 7) is 0.184. The summed E-state index contributed by atoms with van der Waals surface area (Å²) in [4.78, 5) is 23.3. The molecule has 2 amide bonds. The van der Waals surface area contributed by atoms with Crippen molar-refractivity contribution in [2.75, 3.05) is 13.2 Å². The van der Waals surface area contributed by atoms with E-state index in [9.17, 15) is 9.59 Å². The van der Waals surface area contributed by atoms with Crippen LogP contribution in [0.2, 0.25) is 0 Å². The zero-order chi connectivity index (χ0) is 18.6. The fourth-order valence-electron chi connectivity index (χ4n) is 1.89. The van der Waals surface area contributed by atoms with E-state index < -0.39 is 11.8 Å². The molecule has 0 spiro atoms. The van der Waals surface area contributed by atoms with Crippen LogP contribution in [0.5, 0.6) is 5.75 Å². The minimum atomic E-state index is -0.429. The van der Waals surface area contributed by atoms with E-state index in [-0.39, 0.29) is 18.3 Å². The summed E-state index contributed by atoms with van der Waals surface area (Å²) < 4.78 is 5.28. The lowest BCUT2D eigenvalue weighted by molar-refractivity contribution is -0.127. The summed E-state index contributed by atoms with van der Waals surface area (Å²) in [6, 6.07) is 18.7. The monoisotopic (exact) mass is 372 g/mol. The van der Waals surface area contributed by atoms with Gasteiger partial charge in [-0.2, -0.15) is 0 Å². The third-order valence-electron chi connectivity index (χ3n) is 3.17. The zero-order valence-electron chi connectivity index (χ0n) is 14.0. The van der Waals surface area contributed by atoms with Gasteiger partial charge in [0, 0.05) is 6.54 Å². The van der Waals surface area contributed by atoms with Gasteiger partial charge in [0.15, 0.2) is 11.7 Å². The molecule has 8 heteroatoms. The summed E-state index contributed by atoms with van der Waals surface area (Å²) in [5, 5.41) is 5.69. The summed E-state index contributed by atoms with van der Waals surface area (Å²) in [5.41, 5.74) is 6.04. The highest BCUT2D eigenvalue weighted by atomic mass is 32.1. The Labute approximate surface area is 157 Å². The second-order valence-electron chi connectivity index (χ2n) is 5.22. The average molecular weight is 372 g/mol. The van der Waals surface area contributed by atoms with Crippen LogP contribution >= 0.6 is 12.2 Å². The molecule has 4 N–H and O–H groups in total. The molecule has 2 aromatic carbocycles. The third kappa shape index (κ3) is 7.63. The maximum atomic E-state index is 11.7. The lowest BCUT2D eigenvalue weighted by Gasteiger charge is -2.12. The van der Waals surface area contributed by atoms with Gasteiger partial charge in [-0.05, 0) is 29.9 Å². The Bertz CT molecular complexity index is 664. The Hall–Kier alpha value is -3.13. The van der Waals surface area contributed by atoms with E-state index in [4.69, 9.17) is 17.0 Å². The smallest absolute Gasteiger partial charge is 0.258 e. The van der Waals surface area contributed by atoms with Crippen molar-refractivity contribution in [3.05, 3.63) is 66.2 Å². The van der Waals surface area contributed by atoms with Gasteiger partial charge in [-0.15, -0.1) is 0 Å². The van der Waals surface area contributed by atoms with Crippen molar-refractivity contribution in [3.8, 4) is 5.75 Å². The molecule has 2 rings (SSSR count). The molecule has 2 aromatic rings. The van der Waals surface area contributed by atoms with Gasteiger partial charge < -0.3 is 15.4 Å². The van der Waals surface area contributed by atoms with Crippen LogP contribution in [0.25, 0.3) is 0 Å². The van der Waals surface area contributed by atoms with Gasteiger partial charge in [0.1, 0.15) is 5.75 Å². The molecule has 0 fully saturated rings. The van der Waals surface area contributed by atoms with Crippen molar-refractivity contribution in [2.45, 2.75) is 6.54 Å². The number of ether oxygens (including phenoxy) is 1. The van der Waals surface area contributed by atoms with Crippen LogP contribution in [-0.2, 0) is 16.1 Å². The van der Waals surface area contributed by atoms with Gasteiger partial charge in [-0.3, -0.25) is 20.4 Å². The number of hydrogen-bond acceptors (Lipinski definition) is 4. The molecule has 0 bridgehead atoms. The van der Waals surface area contributed by atoms with Crippen LogP contribution in [0.3, 0.4) is 0 Å². The van der Waals surface area contributed by atoms with Crippen LogP contribution in [0.1, 0.15) is 5.56 Å². The summed E-state index contributed by atoms with van der Waals surface area (Å²) in [6.07, 6.45) is 0. The van der Waals surface area contributed by atoms with Crippen LogP contribution in [0.4, 0.5) is 0 Å². The number of nitrogens with one attached hydrogen (secondary N) is 4. The van der Waals surface area contributed by atoms with Crippen LogP contribution in [0, 0.1) is 0 Å². The molecule has 0 unspecified atom stereocenters. The minimum absolute atomic E-state index is 0.165. The number of thiocarbonyl (C=S) groups is 1. The number of benzene rings is 2. The summed E-state index contributed by atoms with van der Waals surface area (Å²) >= 11 is 5.06. The number of carbonyl (C=O) groups excluding carboxylic acids is 2. The first kappa shape index (κ1) is 19.2. The number of rotatable bonds is 7. The van der Waals surface area contributed by atoms with Gasteiger partial charge in [0.25, 0.3) is 11.8 Å². The Morgan fingerprint density at radius 3 is 2.19 bits per heavy atom. The molecule has 136 valence electrons. The Morgan fingerprint density at radius 1 is 0.846 bits per heavy atom. The van der Waals surface area contributed by atoms with Gasteiger partial charge in [-0.25, -0.2) is 0 Å². The Morgan fingerprint density at radius 2 is 1.50 bits per heavy atom. The molecule has 7 nitrogen and oxygen atoms in total. The molecule has 0 atom stereocenters. The van der Waals surface area contributed by atoms with Crippen molar-refractivity contribution in [3.63, 3.8) is 0 Å². The largest absolute Gasteiger partial charge is 0.484 e. The van der Waals surface area contributed by atoms with E-state index in [2.05, 4.69) is 21.5 Å². The van der Waals surface area contributed by atoms with Crippen LogP contribution in [-0.4, -0.2) is 30.1 Å². The number of carbonyl (C=O) groups is 2. The second-order valence-corrected chi connectivity index (χ2v) is 5.63. The number of hydrazine groups is 1. The summed E-state index contributed by atoms with van der Waals surface area (Å²) in [7, 11) is 0. The SMILES string of the molecule is O=C(COc1ccccc1)NCC(=O)NNC(=S)NCc1ccccc1. The lowest BCUT2D eigenvalue weighted by atomic mass is 10.2. The van der Waals surface area contributed by atoms with Crippen LogP contribution < -0.4 is 26.2 Å². The number of para-hydroxylation sites is 1. The fourth-order valence-corrected chi connectivity index (χ4v) is 2.01. The van der Waals surface area contributed by atoms with E-state index in [1.807, 2.05) is 36.4 Å². The molecule has 0 radical (unpaired) electrons. The van der Waals surface area contributed by atoms with Gasteiger partial charge in [0.05, 0.1) is 6.54 Å². The molecule has 0 heterocycles. The second kappa shape index (κ2) is 10.7. The van der Waals surface area contributed by atoms with Crippen molar-refractivity contribution in [1.82, 2.24) is 21.5 Å². The predicted molar refractivity (Wildman–Crippen MR) is 102 cm³/mol. The van der Waals surface area contributed by atoms with Crippen molar-refractivity contribution in [1.29, 1.82) is 0 Å². The molecule has 0 saturated heterocycles. The van der Waals surface area contributed by atoms with Gasteiger partial charge in [-0.1, -0.05) is 48.5 Å². The molecule has 0 aromatic heterocycles. The highest BCUT2D eigenvalue weighted by Crippen LogP contribution is 2.07. The highest BCUT2D eigenvalue weighted by Gasteiger charge is 2.06. The van der Waals surface area contributed by atoms with Crippen molar-refractivity contribution >= 4 is 29.1 Å². The molecule has 26 heavy (non-hydrogen) atoms. The highest BCUT2D eigenvalue weighted by molar-refractivity contribution is 7.80. The zero-order valence-corrected chi connectivity index (χ0v) is 14.8. The average Bonchev–Trinajstić information content (AvgIpc) is 2.69. The topological polar surface area (TPSA) is 91.5 Å². The minimum Gasteiger partial charge on any atom is -0.484 e. The van der Waals surface area contributed by atoms with E-state index >= 15 is 0 Å². The fraction of sp³-hybridized carbons (Fsp3) is 0.167. The first-order valence-corrected chi connectivity index (χ1v) is 8.35. The third-order valence-corrected chi connectivity index (χ3v) is 3.42. The molecule has 0 aliphatic carbocycles. The van der Waals surface area contributed by atoms with Crippen molar-refractivity contribution in [2.24, 2.45) is 0 Å². The quantitative estimate of drug-likeness (QED) is 0.426. The van der Waals surface area contributed by atoms with Gasteiger partial charge >= 0.3 is 0 Å². The molecule has 0 saturated carbocycles. The number of hydrogen-bond donors (Lipinski definition) is 4. The maximum absolute atomic E-state index is 11.7. The van der Waals surface area contributed by atoms with Crippen molar-refractivity contribution < 1.29 is 14.3 Å². The standard InChI is InChI=1S/C18H20N4O3S/c23-16(12-19-17(24)13-25-15-9-5-2-6-10-15)21-22-18(26)20-11-14-7-3-1-4-8-14/h1-10H,11-13H2,(H,19,24)(H,21,23)(H2,20,22,26). The first-order valence-electron chi connectivity index (χ1n) is 7.94. The van der Waals surface area contributed by atoms with Crippen LogP contribution in [0.15, 0.2) is 60.7 Å². The Kier molecular flexibility index (Phi) is 7.88.